The van der Waals surface area contributed by atoms with Crippen LogP contribution < -0.4 is 5.32 Å². The fraction of sp³-hybridized carbons (Fsp3) is 0.0909. The normalized spacial score (nSPS) is 12.0. The molecule has 0 fully saturated rings. The van der Waals surface area contributed by atoms with Crippen LogP contribution in [-0.4, -0.2) is 10.2 Å². The van der Waals surface area contributed by atoms with Gasteiger partial charge in [-0.3, -0.25) is 0 Å². The van der Waals surface area contributed by atoms with Crippen LogP contribution in [0.3, 0.4) is 0 Å². The van der Waals surface area contributed by atoms with E-state index in [1.54, 1.807) is 6.07 Å². The van der Waals surface area contributed by atoms with Gasteiger partial charge in [-0.05, 0) is 55.0 Å². The van der Waals surface area contributed by atoms with Crippen molar-refractivity contribution >= 4 is 33.2 Å². The topological polar surface area (TPSA) is 51.0 Å². The summed E-state index contributed by atoms with van der Waals surface area (Å²) in [5, 5.41) is 12.1. The molecule has 0 saturated heterocycles. The third kappa shape index (κ3) is 4.33. The highest BCUT2D eigenvalue weighted by Crippen LogP contribution is 2.33. The van der Waals surface area contributed by atoms with E-state index in [-0.39, 0.29) is 5.02 Å². The molecule has 0 aliphatic rings. The number of halogens is 3. The Morgan fingerprint density at radius 3 is 2.55 bits per heavy atom. The number of aryl methyl sites for hydroxylation is 1. The van der Waals surface area contributed by atoms with Crippen LogP contribution in [0.5, 0.6) is 0 Å². The number of nitrogens with zero attached hydrogens (tertiary/aromatic N) is 2. The van der Waals surface area contributed by atoms with Crippen LogP contribution in [-0.2, 0) is 0 Å². The van der Waals surface area contributed by atoms with Crippen LogP contribution in [0, 0.1) is 12.7 Å². The van der Waals surface area contributed by atoms with E-state index in [1.165, 1.54) is 12.1 Å². The van der Waals surface area contributed by atoms with Crippen molar-refractivity contribution in [2.45, 2.75) is 13.0 Å². The van der Waals surface area contributed by atoms with Crippen molar-refractivity contribution in [3.8, 4) is 11.5 Å². The average Bonchev–Trinajstić information content (AvgIpc) is 3.20. The Morgan fingerprint density at radius 1 is 1.03 bits per heavy atom. The standard InChI is InChI=1S/C22H16BrClFN3O/c1-13-11-16(8-10-18(13)23)26-20(17-9-7-15(25)12-19(17)24)22-28-27-21(29-22)14-5-3-2-4-6-14/h2-12,20,26H,1H3/t20-/m0/s1. The molecular formula is C22H16BrClFN3O. The maximum atomic E-state index is 13.6. The molecule has 0 aliphatic carbocycles. The fourth-order valence-corrected chi connectivity index (χ4v) is 3.48. The third-order valence-corrected chi connectivity index (χ3v) is 5.67. The van der Waals surface area contributed by atoms with Gasteiger partial charge in [0.1, 0.15) is 11.9 Å². The van der Waals surface area contributed by atoms with E-state index in [1.807, 2.05) is 55.5 Å². The first-order chi connectivity index (χ1) is 14.0. The number of hydrogen-bond donors (Lipinski definition) is 1. The van der Waals surface area contributed by atoms with Gasteiger partial charge in [-0.15, -0.1) is 10.2 Å². The molecule has 0 bridgehead atoms. The Labute approximate surface area is 180 Å². The van der Waals surface area contributed by atoms with Gasteiger partial charge in [0.2, 0.25) is 11.8 Å². The molecule has 4 nitrogen and oxygen atoms in total. The van der Waals surface area contributed by atoms with Gasteiger partial charge in [-0.25, -0.2) is 4.39 Å². The van der Waals surface area contributed by atoms with E-state index in [0.717, 1.165) is 21.3 Å². The lowest BCUT2D eigenvalue weighted by atomic mass is 10.1. The van der Waals surface area contributed by atoms with Crippen LogP contribution in [0.25, 0.3) is 11.5 Å². The molecular weight excluding hydrogens is 457 g/mol. The van der Waals surface area contributed by atoms with Crippen molar-refractivity contribution in [2.75, 3.05) is 5.32 Å². The maximum absolute atomic E-state index is 13.6. The lowest BCUT2D eigenvalue weighted by molar-refractivity contribution is 0.494. The number of hydrogen-bond acceptors (Lipinski definition) is 4. The molecule has 0 saturated carbocycles. The van der Waals surface area contributed by atoms with Crippen LogP contribution in [0.1, 0.15) is 23.1 Å². The van der Waals surface area contributed by atoms with Crippen molar-refractivity contribution in [1.29, 1.82) is 0 Å². The summed E-state index contributed by atoms with van der Waals surface area (Å²) in [7, 11) is 0. The highest BCUT2D eigenvalue weighted by molar-refractivity contribution is 9.10. The molecule has 0 aliphatic heterocycles. The summed E-state index contributed by atoms with van der Waals surface area (Å²) < 4.78 is 20.6. The van der Waals surface area contributed by atoms with E-state index >= 15 is 0 Å². The van der Waals surface area contributed by atoms with Gasteiger partial charge in [0, 0.05) is 26.3 Å². The van der Waals surface area contributed by atoms with E-state index in [0.29, 0.717) is 17.3 Å². The molecule has 1 N–H and O–H groups in total. The third-order valence-electron chi connectivity index (χ3n) is 4.45. The summed E-state index contributed by atoms with van der Waals surface area (Å²) in [6, 6.07) is 19.1. The summed E-state index contributed by atoms with van der Waals surface area (Å²) in [5.41, 5.74) is 3.36. The summed E-state index contributed by atoms with van der Waals surface area (Å²) in [6.45, 7) is 2.00. The van der Waals surface area contributed by atoms with Crippen molar-refractivity contribution in [3.05, 3.63) is 99.1 Å². The molecule has 0 spiro atoms. The van der Waals surface area contributed by atoms with Crippen molar-refractivity contribution in [1.82, 2.24) is 10.2 Å². The molecule has 1 aromatic heterocycles. The largest absolute Gasteiger partial charge is 0.418 e. The van der Waals surface area contributed by atoms with Crippen LogP contribution in [0.2, 0.25) is 5.02 Å². The van der Waals surface area contributed by atoms with Crippen molar-refractivity contribution < 1.29 is 8.81 Å². The molecule has 1 atom stereocenters. The van der Waals surface area contributed by atoms with E-state index in [9.17, 15) is 4.39 Å². The number of nitrogens with one attached hydrogen (secondary N) is 1. The van der Waals surface area contributed by atoms with Gasteiger partial charge >= 0.3 is 0 Å². The Bertz CT molecular complexity index is 1150. The quantitative estimate of drug-likeness (QED) is 0.347. The second-order valence-electron chi connectivity index (χ2n) is 6.52. The van der Waals surface area contributed by atoms with Gasteiger partial charge in [0.25, 0.3) is 0 Å². The summed E-state index contributed by atoms with van der Waals surface area (Å²) in [6.07, 6.45) is 0. The highest BCUT2D eigenvalue weighted by Gasteiger charge is 2.24. The molecule has 4 rings (SSSR count). The second-order valence-corrected chi connectivity index (χ2v) is 7.78. The Morgan fingerprint density at radius 2 is 1.83 bits per heavy atom. The van der Waals surface area contributed by atoms with Gasteiger partial charge in [-0.2, -0.15) is 0 Å². The molecule has 0 radical (unpaired) electrons. The molecule has 4 aromatic rings. The molecule has 1 heterocycles. The monoisotopic (exact) mass is 471 g/mol. The molecule has 3 aromatic carbocycles. The Balaban J connectivity index is 1.76. The zero-order valence-corrected chi connectivity index (χ0v) is 17.7. The first kappa shape index (κ1) is 19.6. The average molecular weight is 473 g/mol. The SMILES string of the molecule is Cc1cc(N[C@H](c2nnc(-c3ccccc3)o2)c2ccc(F)cc2Cl)ccc1Br. The fourth-order valence-electron chi connectivity index (χ4n) is 2.96. The Hall–Kier alpha value is -2.70. The van der Waals surface area contributed by atoms with E-state index in [2.05, 4.69) is 31.4 Å². The van der Waals surface area contributed by atoms with Crippen molar-refractivity contribution in [2.24, 2.45) is 0 Å². The molecule has 7 heteroatoms. The summed E-state index contributed by atoms with van der Waals surface area (Å²) in [4.78, 5) is 0. The highest BCUT2D eigenvalue weighted by atomic mass is 79.9. The summed E-state index contributed by atoms with van der Waals surface area (Å²) >= 11 is 9.85. The van der Waals surface area contributed by atoms with Crippen LogP contribution >= 0.6 is 27.5 Å². The van der Waals surface area contributed by atoms with E-state index in [4.69, 9.17) is 16.0 Å². The zero-order valence-electron chi connectivity index (χ0n) is 15.4. The van der Waals surface area contributed by atoms with Gasteiger partial charge < -0.3 is 9.73 Å². The van der Waals surface area contributed by atoms with Crippen LogP contribution in [0.15, 0.2) is 75.6 Å². The van der Waals surface area contributed by atoms with Crippen LogP contribution in [0.4, 0.5) is 10.1 Å². The minimum Gasteiger partial charge on any atom is -0.418 e. The minimum absolute atomic E-state index is 0.274. The lowest BCUT2D eigenvalue weighted by Crippen LogP contribution is -2.14. The first-order valence-electron chi connectivity index (χ1n) is 8.88. The number of anilines is 1. The first-order valence-corrected chi connectivity index (χ1v) is 10.0. The van der Waals surface area contributed by atoms with Gasteiger partial charge in [-0.1, -0.05) is 51.8 Å². The lowest BCUT2D eigenvalue weighted by Gasteiger charge is -2.19. The van der Waals surface area contributed by atoms with Gasteiger partial charge in [0.15, 0.2) is 0 Å². The minimum atomic E-state index is -0.548. The summed E-state index contributed by atoms with van der Waals surface area (Å²) in [5.74, 6) is 0.322. The Kier molecular flexibility index (Phi) is 5.65. The molecule has 0 amide bonds. The number of rotatable bonds is 5. The predicted octanol–water partition coefficient (Wildman–Crippen LogP) is 6.80. The number of benzene rings is 3. The zero-order chi connectivity index (χ0) is 20.4. The number of aromatic nitrogens is 2. The predicted molar refractivity (Wildman–Crippen MR) is 115 cm³/mol. The molecule has 29 heavy (non-hydrogen) atoms. The maximum Gasteiger partial charge on any atom is 0.247 e. The van der Waals surface area contributed by atoms with Gasteiger partial charge in [0.05, 0.1) is 0 Å². The molecule has 146 valence electrons. The smallest absolute Gasteiger partial charge is 0.247 e. The second kappa shape index (κ2) is 8.35. The molecule has 0 unspecified atom stereocenters. The van der Waals surface area contributed by atoms with E-state index < -0.39 is 11.9 Å². The van der Waals surface area contributed by atoms with Crippen molar-refractivity contribution in [3.63, 3.8) is 0 Å².